The number of amides is 2. The molecule has 3 aromatic rings. The minimum absolute atomic E-state index is 0.0192. The number of benzene rings is 2. The molecule has 28 heavy (non-hydrogen) atoms. The van der Waals surface area contributed by atoms with Crippen molar-refractivity contribution >= 4 is 22.8 Å². The number of nitrogens with zero attached hydrogens (tertiary/aromatic N) is 3. The van der Waals surface area contributed by atoms with Gasteiger partial charge in [0.2, 0.25) is 5.88 Å². The summed E-state index contributed by atoms with van der Waals surface area (Å²) >= 11 is 0. The van der Waals surface area contributed by atoms with Crippen molar-refractivity contribution in [1.29, 1.82) is 0 Å². The van der Waals surface area contributed by atoms with Crippen molar-refractivity contribution in [2.45, 2.75) is 18.9 Å². The Hall–Kier alpha value is -3.35. The van der Waals surface area contributed by atoms with Gasteiger partial charge in [0.1, 0.15) is 11.9 Å². The maximum absolute atomic E-state index is 12.5. The lowest BCUT2D eigenvalue weighted by molar-refractivity contribution is 0.111. The maximum atomic E-state index is 12.5. The lowest BCUT2D eigenvalue weighted by Gasteiger charge is -2.32. The molecule has 7 nitrogen and oxygen atoms in total. The van der Waals surface area contributed by atoms with E-state index < -0.39 is 0 Å². The molecule has 2 aromatic carbocycles. The zero-order valence-electron chi connectivity index (χ0n) is 15.7. The Morgan fingerprint density at radius 1 is 1.07 bits per heavy atom. The predicted molar refractivity (Wildman–Crippen MR) is 107 cm³/mol. The number of aromatic nitrogens is 2. The molecule has 0 bridgehead atoms. The Bertz CT molecular complexity index is 971. The molecular formula is C21H22N4O3. The number of para-hydroxylation sites is 4. The van der Waals surface area contributed by atoms with Crippen LogP contribution in [0.25, 0.3) is 11.0 Å². The molecule has 1 saturated heterocycles. The Morgan fingerprint density at radius 3 is 2.57 bits per heavy atom. The van der Waals surface area contributed by atoms with Gasteiger partial charge in [-0.25, -0.2) is 14.8 Å². The number of hydrogen-bond acceptors (Lipinski definition) is 5. The average Bonchev–Trinajstić information content (AvgIpc) is 2.74. The first-order valence-corrected chi connectivity index (χ1v) is 9.30. The van der Waals surface area contributed by atoms with Crippen LogP contribution in [0.1, 0.15) is 12.8 Å². The van der Waals surface area contributed by atoms with Crippen LogP contribution in [0.15, 0.2) is 54.7 Å². The number of piperidine rings is 1. The highest BCUT2D eigenvalue weighted by atomic mass is 16.5. The molecular weight excluding hydrogens is 356 g/mol. The van der Waals surface area contributed by atoms with Crippen molar-refractivity contribution in [2.75, 3.05) is 25.5 Å². The van der Waals surface area contributed by atoms with E-state index in [0.717, 1.165) is 23.9 Å². The maximum Gasteiger partial charge on any atom is 0.321 e. The van der Waals surface area contributed by atoms with E-state index in [9.17, 15) is 4.79 Å². The van der Waals surface area contributed by atoms with Crippen LogP contribution < -0.4 is 14.8 Å². The number of hydrogen-bond donors (Lipinski definition) is 1. The summed E-state index contributed by atoms with van der Waals surface area (Å²) in [5.41, 5.74) is 2.33. The lowest BCUT2D eigenvalue weighted by atomic mass is 10.1. The first-order chi connectivity index (χ1) is 13.7. The van der Waals surface area contributed by atoms with E-state index in [1.807, 2.05) is 48.5 Å². The lowest BCUT2D eigenvalue weighted by Crippen LogP contribution is -2.43. The molecule has 0 spiro atoms. The Morgan fingerprint density at radius 2 is 1.79 bits per heavy atom. The SMILES string of the molecule is COc1ccccc1NC(=O)N1CCC(Oc2cnc3ccccc3n2)CC1. The van der Waals surface area contributed by atoms with Crippen molar-refractivity contribution in [1.82, 2.24) is 14.9 Å². The minimum atomic E-state index is -0.131. The van der Waals surface area contributed by atoms with Gasteiger partial charge in [-0.1, -0.05) is 24.3 Å². The fraction of sp³-hybridized carbons (Fsp3) is 0.286. The summed E-state index contributed by atoms with van der Waals surface area (Å²) in [5, 5.41) is 2.91. The van der Waals surface area contributed by atoms with Gasteiger partial charge in [-0.3, -0.25) is 0 Å². The molecule has 4 rings (SSSR count). The van der Waals surface area contributed by atoms with Gasteiger partial charge in [-0.2, -0.15) is 0 Å². The molecule has 1 aliphatic heterocycles. The first-order valence-electron chi connectivity index (χ1n) is 9.30. The van der Waals surface area contributed by atoms with Crippen molar-refractivity contribution in [3.8, 4) is 11.6 Å². The summed E-state index contributed by atoms with van der Waals surface area (Å²) in [4.78, 5) is 23.2. The van der Waals surface area contributed by atoms with Gasteiger partial charge in [-0.15, -0.1) is 0 Å². The van der Waals surface area contributed by atoms with Crippen LogP contribution in [-0.4, -0.2) is 47.2 Å². The van der Waals surface area contributed by atoms with E-state index in [2.05, 4.69) is 15.3 Å². The number of likely N-dealkylation sites (tertiary alicyclic amines) is 1. The predicted octanol–water partition coefficient (Wildman–Crippen LogP) is 3.71. The number of urea groups is 1. The number of methoxy groups -OCH3 is 1. The Balaban J connectivity index is 1.33. The summed E-state index contributed by atoms with van der Waals surface area (Å²) in [5.74, 6) is 1.17. The number of anilines is 1. The van der Waals surface area contributed by atoms with Crippen LogP contribution in [-0.2, 0) is 0 Å². The Kier molecular flexibility index (Phi) is 5.23. The molecule has 1 aliphatic rings. The molecule has 0 aliphatic carbocycles. The van der Waals surface area contributed by atoms with E-state index in [0.29, 0.717) is 30.4 Å². The second kappa shape index (κ2) is 8.12. The van der Waals surface area contributed by atoms with Crippen molar-refractivity contribution in [3.63, 3.8) is 0 Å². The van der Waals surface area contributed by atoms with E-state index in [-0.39, 0.29) is 12.1 Å². The van der Waals surface area contributed by atoms with E-state index in [4.69, 9.17) is 9.47 Å². The summed E-state index contributed by atoms with van der Waals surface area (Å²) in [7, 11) is 1.59. The molecule has 0 saturated carbocycles. The number of nitrogens with one attached hydrogen (secondary N) is 1. The molecule has 2 heterocycles. The molecule has 1 fully saturated rings. The summed E-state index contributed by atoms with van der Waals surface area (Å²) in [6.45, 7) is 1.24. The third kappa shape index (κ3) is 3.98. The number of fused-ring (bicyclic) bond motifs is 1. The second-order valence-electron chi connectivity index (χ2n) is 6.63. The zero-order chi connectivity index (χ0) is 19.3. The van der Waals surface area contributed by atoms with Crippen molar-refractivity contribution < 1.29 is 14.3 Å². The van der Waals surface area contributed by atoms with E-state index in [1.54, 1.807) is 18.2 Å². The van der Waals surface area contributed by atoms with Gasteiger partial charge >= 0.3 is 6.03 Å². The first kappa shape index (κ1) is 18.0. The second-order valence-corrected chi connectivity index (χ2v) is 6.63. The number of rotatable bonds is 4. The topological polar surface area (TPSA) is 76.6 Å². The normalized spacial score (nSPS) is 14.7. The summed E-state index contributed by atoms with van der Waals surface area (Å²) < 4.78 is 11.3. The van der Waals surface area contributed by atoms with Gasteiger partial charge in [-0.05, 0) is 24.3 Å². The highest BCUT2D eigenvalue weighted by Crippen LogP contribution is 2.24. The van der Waals surface area contributed by atoms with Crippen LogP contribution >= 0.6 is 0 Å². The van der Waals surface area contributed by atoms with Crippen LogP contribution in [0, 0.1) is 0 Å². The third-order valence-corrected chi connectivity index (χ3v) is 4.79. The molecule has 144 valence electrons. The highest BCUT2D eigenvalue weighted by Gasteiger charge is 2.25. The molecule has 2 amide bonds. The quantitative estimate of drug-likeness (QED) is 0.749. The third-order valence-electron chi connectivity index (χ3n) is 4.79. The molecule has 0 unspecified atom stereocenters. The van der Waals surface area contributed by atoms with Gasteiger partial charge in [0.15, 0.2) is 0 Å². The average molecular weight is 378 g/mol. The molecule has 0 radical (unpaired) electrons. The van der Waals surface area contributed by atoms with Crippen LogP contribution in [0.3, 0.4) is 0 Å². The standard InChI is InChI=1S/C21H22N4O3/c1-27-19-9-5-4-8-18(19)24-21(26)25-12-10-15(11-13-25)28-20-14-22-16-6-2-3-7-17(16)23-20/h2-9,14-15H,10-13H2,1H3,(H,24,26). The summed E-state index contributed by atoms with van der Waals surface area (Å²) in [6, 6.07) is 14.9. The Labute approximate surface area is 163 Å². The largest absolute Gasteiger partial charge is 0.495 e. The molecule has 7 heteroatoms. The number of ether oxygens (including phenoxy) is 2. The molecule has 1 aromatic heterocycles. The van der Waals surface area contributed by atoms with E-state index >= 15 is 0 Å². The smallest absolute Gasteiger partial charge is 0.321 e. The van der Waals surface area contributed by atoms with E-state index in [1.165, 1.54) is 0 Å². The fourth-order valence-corrected chi connectivity index (χ4v) is 3.29. The van der Waals surface area contributed by atoms with Crippen molar-refractivity contribution in [3.05, 3.63) is 54.7 Å². The number of carbonyl (C=O) groups excluding carboxylic acids is 1. The van der Waals surface area contributed by atoms with Gasteiger partial charge in [0.25, 0.3) is 0 Å². The van der Waals surface area contributed by atoms with Crippen molar-refractivity contribution in [2.24, 2.45) is 0 Å². The van der Waals surface area contributed by atoms with Crippen LogP contribution in [0.2, 0.25) is 0 Å². The summed E-state index contributed by atoms with van der Waals surface area (Å²) in [6.07, 6.45) is 3.16. The fourth-order valence-electron chi connectivity index (χ4n) is 3.29. The highest BCUT2D eigenvalue weighted by molar-refractivity contribution is 5.91. The van der Waals surface area contributed by atoms with Crippen LogP contribution in [0.4, 0.5) is 10.5 Å². The zero-order valence-corrected chi connectivity index (χ0v) is 15.7. The molecule has 0 atom stereocenters. The molecule has 1 N–H and O–H groups in total. The minimum Gasteiger partial charge on any atom is -0.495 e. The van der Waals surface area contributed by atoms with Gasteiger partial charge in [0.05, 0.1) is 30.0 Å². The number of carbonyl (C=O) groups is 1. The van der Waals surface area contributed by atoms with Crippen LogP contribution in [0.5, 0.6) is 11.6 Å². The monoisotopic (exact) mass is 378 g/mol. The van der Waals surface area contributed by atoms with Gasteiger partial charge in [0, 0.05) is 25.9 Å². The van der Waals surface area contributed by atoms with Gasteiger partial charge < -0.3 is 19.7 Å².